The lowest BCUT2D eigenvalue weighted by atomic mass is 10.1. The molecule has 3 heterocycles. The summed E-state index contributed by atoms with van der Waals surface area (Å²) in [5.41, 5.74) is 1.59. The van der Waals surface area contributed by atoms with Crippen LogP contribution in [0.3, 0.4) is 0 Å². The van der Waals surface area contributed by atoms with Gasteiger partial charge in [0, 0.05) is 17.6 Å². The first-order valence-corrected chi connectivity index (χ1v) is 8.63. The van der Waals surface area contributed by atoms with Gasteiger partial charge in [-0.05, 0) is 24.6 Å². The van der Waals surface area contributed by atoms with Gasteiger partial charge in [0.05, 0.1) is 23.2 Å². The third-order valence-corrected chi connectivity index (χ3v) is 4.41. The summed E-state index contributed by atoms with van der Waals surface area (Å²) >= 11 is 0. The van der Waals surface area contributed by atoms with E-state index in [9.17, 15) is 14.4 Å². The van der Waals surface area contributed by atoms with Gasteiger partial charge in [0.15, 0.2) is 0 Å². The van der Waals surface area contributed by atoms with Crippen molar-refractivity contribution >= 4 is 22.4 Å². The minimum Gasteiger partial charge on any atom is -0.459 e. The van der Waals surface area contributed by atoms with Crippen molar-refractivity contribution in [1.29, 1.82) is 0 Å². The Morgan fingerprint density at radius 3 is 2.75 bits per heavy atom. The number of aromatic nitrogens is 4. The molecule has 0 saturated carbocycles. The van der Waals surface area contributed by atoms with Gasteiger partial charge in [0.2, 0.25) is 0 Å². The van der Waals surface area contributed by atoms with Crippen molar-refractivity contribution < 1.29 is 9.53 Å². The first-order valence-electron chi connectivity index (χ1n) is 8.63. The van der Waals surface area contributed by atoms with Crippen molar-refractivity contribution in [1.82, 2.24) is 19.6 Å². The maximum atomic E-state index is 12.3. The van der Waals surface area contributed by atoms with Crippen LogP contribution >= 0.6 is 0 Å². The van der Waals surface area contributed by atoms with Gasteiger partial charge in [0.25, 0.3) is 11.1 Å². The zero-order valence-corrected chi connectivity index (χ0v) is 15.0. The number of fused-ring (bicyclic) bond motifs is 2. The number of hydrogen-bond acceptors (Lipinski definition) is 6. The second-order valence-corrected chi connectivity index (χ2v) is 6.35. The number of hydrogen-bond donors (Lipinski definition) is 1. The van der Waals surface area contributed by atoms with E-state index in [0.29, 0.717) is 27.8 Å². The number of benzene rings is 1. The highest BCUT2D eigenvalue weighted by atomic mass is 16.5. The predicted octanol–water partition coefficient (Wildman–Crippen LogP) is 1.53. The number of pyridine rings is 1. The number of carbonyl (C=O) groups excluding carboxylic acids is 1. The largest absolute Gasteiger partial charge is 0.459 e. The molecule has 8 nitrogen and oxygen atoms in total. The number of aromatic amines is 1. The molecule has 0 fully saturated rings. The fraction of sp³-hybridized carbons (Fsp3) is 0.150. The van der Waals surface area contributed by atoms with Gasteiger partial charge in [-0.3, -0.25) is 18.8 Å². The SMILES string of the molecule is Cc1cccn2c(=O)cc(COC(=O)Cc3n[nH]c(=O)c4ccccc34)nc12. The maximum Gasteiger partial charge on any atom is 0.312 e. The van der Waals surface area contributed by atoms with Crippen LogP contribution in [0.2, 0.25) is 0 Å². The molecule has 0 radical (unpaired) electrons. The van der Waals surface area contributed by atoms with Gasteiger partial charge in [-0.1, -0.05) is 24.3 Å². The highest BCUT2D eigenvalue weighted by Gasteiger charge is 2.13. The number of ether oxygens (including phenoxy) is 1. The molecule has 0 saturated heterocycles. The van der Waals surface area contributed by atoms with Crippen molar-refractivity contribution in [2.45, 2.75) is 20.0 Å². The highest BCUT2D eigenvalue weighted by Crippen LogP contribution is 2.13. The van der Waals surface area contributed by atoms with E-state index in [1.807, 2.05) is 13.0 Å². The molecule has 140 valence electrons. The van der Waals surface area contributed by atoms with Crippen LogP contribution < -0.4 is 11.1 Å². The molecule has 28 heavy (non-hydrogen) atoms. The van der Waals surface area contributed by atoms with Crippen molar-refractivity contribution in [2.75, 3.05) is 0 Å². The zero-order valence-electron chi connectivity index (χ0n) is 15.0. The lowest BCUT2D eigenvalue weighted by Gasteiger charge is -2.08. The lowest BCUT2D eigenvalue weighted by molar-refractivity contribution is -0.144. The second kappa shape index (κ2) is 7.07. The monoisotopic (exact) mass is 376 g/mol. The minimum absolute atomic E-state index is 0.108. The Labute approximate surface area is 158 Å². The fourth-order valence-electron chi connectivity index (χ4n) is 3.03. The summed E-state index contributed by atoms with van der Waals surface area (Å²) < 4.78 is 6.71. The van der Waals surface area contributed by atoms with Crippen LogP contribution in [0.1, 0.15) is 17.0 Å². The average Bonchev–Trinajstić information content (AvgIpc) is 2.70. The lowest BCUT2D eigenvalue weighted by Crippen LogP contribution is -2.18. The molecule has 0 spiro atoms. The molecule has 0 atom stereocenters. The molecule has 1 N–H and O–H groups in total. The summed E-state index contributed by atoms with van der Waals surface area (Å²) in [6.07, 6.45) is 1.53. The molecule has 0 unspecified atom stereocenters. The molecule has 8 heteroatoms. The summed E-state index contributed by atoms with van der Waals surface area (Å²) in [5.74, 6) is -0.531. The number of esters is 1. The topological polar surface area (TPSA) is 106 Å². The maximum absolute atomic E-state index is 12.3. The van der Waals surface area contributed by atoms with Gasteiger partial charge in [-0.15, -0.1) is 0 Å². The van der Waals surface area contributed by atoms with Gasteiger partial charge < -0.3 is 4.74 Å². The Hall–Kier alpha value is -3.81. The molecule has 0 aliphatic heterocycles. The van der Waals surface area contributed by atoms with Crippen molar-refractivity contribution in [3.8, 4) is 0 Å². The van der Waals surface area contributed by atoms with Crippen LogP contribution in [-0.4, -0.2) is 25.6 Å². The van der Waals surface area contributed by atoms with E-state index in [1.165, 1.54) is 10.5 Å². The first kappa shape index (κ1) is 17.6. The third kappa shape index (κ3) is 3.27. The standard InChI is InChI=1S/C20H16N4O4/c1-12-5-4-8-24-17(25)9-13(21-19(12)24)11-28-18(26)10-16-14-6-2-3-7-15(14)20(27)23-22-16/h2-9H,10-11H2,1H3,(H,23,27). The normalized spacial score (nSPS) is 11.0. The number of rotatable bonds is 4. The molecule has 1 aromatic carbocycles. The predicted molar refractivity (Wildman–Crippen MR) is 102 cm³/mol. The van der Waals surface area contributed by atoms with Crippen LogP contribution in [0.15, 0.2) is 58.3 Å². The fourth-order valence-corrected chi connectivity index (χ4v) is 3.03. The first-order chi connectivity index (χ1) is 13.5. The molecule has 0 aliphatic carbocycles. The number of nitrogens with one attached hydrogen (secondary N) is 1. The van der Waals surface area contributed by atoms with Gasteiger partial charge >= 0.3 is 5.97 Å². The summed E-state index contributed by atoms with van der Waals surface area (Å²) in [4.78, 5) is 40.7. The van der Waals surface area contributed by atoms with E-state index in [4.69, 9.17) is 4.74 Å². The Morgan fingerprint density at radius 1 is 1.14 bits per heavy atom. The number of nitrogens with zero attached hydrogens (tertiary/aromatic N) is 3. The number of carbonyl (C=O) groups is 1. The van der Waals surface area contributed by atoms with Crippen LogP contribution in [0.4, 0.5) is 0 Å². The van der Waals surface area contributed by atoms with E-state index < -0.39 is 5.97 Å². The number of H-pyrrole nitrogens is 1. The summed E-state index contributed by atoms with van der Waals surface area (Å²) in [5, 5.41) is 7.40. The van der Waals surface area contributed by atoms with Crippen LogP contribution in [0, 0.1) is 6.92 Å². The Balaban J connectivity index is 1.54. The molecule has 0 amide bonds. The van der Waals surface area contributed by atoms with Gasteiger partial charge in [0.1, 0.15) is 12.3 Å². The third-order valence-electron chi connectivity index (χ3n) is 4.41. The highest BCUT2D eigenvalue weighted by molar-refractivity contribution is 5.86. The van der Waals surface area contributed by atoms with Crippen molar-refractivity contribution in [3.05, 3.63) is 86.3 Å². The summed E-state index contributed by atoms with van der Waals surface area (Å²) in [6, 6.07) is 11.9. The molecule has 0 bridgehead atoms. The summed E-state index contributed by atoms with van der Waals surface area (Å²) in [6.45, 7) is 1.73. The average molecular weight is 376 g/mol. The summed E-state index contributed by atoms with van der Waals surface area (Å²) in [7, 11) is 0. The number of aryl methyl sites for hydroxylation is 1. The molecule has 4 rings (SSSR count). The molecule has 0 aliphatic rings. The molecule has 4 aromatic rings. The smallest absolute Gasteiger partial charge is 0.312 e. The van der Waals surface area contributed by atoms with E-state index in [0.717, 1.165) is 5.56 Å². The van der Waals surface area contributed by atoms with E-state index in [1.54, 1.807) is 36.5 Å². The second-order valence-electron chi connectivity index (χ2n) is 6.35. The van der Waals surface area contributed by atoms with Gasteiger partial charge in [-0.2, -0.15) is 5.10 Å². The molecular formula is C20H16N4O4. The van der Waals surface area contributed by atoms with Gasteiger partial charge in [-0.25, -0.2) is 10.1 Å². The van der Waals surface area contributed by atoms with Crippen LogP contribution in [0.25, 0.3) is 16.4 Å². The minimum atomic E-state index is -0.531. The quantitative estimate of drug-likeness (QED) is 0.541. The zero-order chi connectivity index (χ0) is 19.7. The Kier molecular flexibility index (Phi) is 4.44. The molecular weight excluding hydrogens is 360 g/mol. The van der Waals surface area contributed by atoms with Crippen LogP contribution in [0.5, 0.6) is 0 Å². The van der Waals surface area contributed by atoms with Crippen molar-refractivity contribution in [3.63, 3.8) is 0 Å². The Bertz CT molecular complexity index is 1320. The van der Waals surface area contributed by atoms with Crippen molar-refractivity contribution in [2.24, 2.45) is 0 Å². The van der Waals surface area contributed by atoms with E-state index >= 15 is 0 Å². The van der Waals surface area contributed by atoms with Crippen LogP contribution in [-0.2, 0) is 22.6 Å². The molecule has 3 aromatic heterocycles. The Morgan fingerprint density at radius 2 is 1.93 bits per heavy atom. The van der Waals surface area contributed by atoms with E-state index in [2.05, 4.69) is 15.2 Å². The van der Waals surface area contributed by atoms with E-state index in [-0.39, 0.29) is 24.1 Å².